The third-order valence-corrected chi connectivity index (χ3v) is 7.49. The summed E-state index contributed by atoms with van der Waals surface area (Å²) in [5.41, 5.74) is 3.61. The van der Waals surface area contributed by atoms with E-state index in [1.54, 1.807) is 58.4 Å². The fourth-order valence-electron chi connectivity index (χ4n) is 5.27. The van der Waals surface area contributed by atoms with E-state index in [2.05, 4.69) is 10.9 Å². The predicted octanol–water partition coefficient (Wildman–Crippen LogP) is 1.33. The second-order valence-corrected chi connectivity index (χ2v) is 13.4. The molecule has 0 radical (unpaired) electrons. The van der Waals surface area contributed by atoms with Gasteiger partial charge in [-0.1, -0.05) is 0 Å². The van der Waals surface area contributed by atoms with E-state index >= 15 is 0 Å². The highest BCUT2D eigenvalue weighted by Gasteiger charge is 2.47. The molecule has 44 heavy (non-hydrogen) atoms. The van der Waals surface area contributed by atoms with Crippen LogP contribution in [0.5, 0.6) is 0 Å². The number of amides is 8. The van der Waals surface area contributed by atoms with E-state index in [0.29, 0.717) is 37.4 Å². The van der Waals surface area contributed by atoms with Crippen molar-refractivity contribution >= 4 is 36.1 Å². The average Bonchev–Trinajstić information content (AvgIpc) is 3.26. The van der Waals surface area contributed by atoms with Gasteiger partial charge < -0.3 is 24.2 Å². The molecule has 4 heterocycles. The minimum atomic E-state index is -0.703. The van der Waals surface area contributed by atoms with Gasteiger partial charge in [-0.15, -0.1) is 0 Å². The maximum Gasteiger partial charge on any atom is 0.428 e. The number of carbonyl (C=O) groups excluding carboxylic acids is 6. The number of ether oxygens (including phenoxy) is 2. The number of hydrogen-bond donors (Lipinski definition) is 3. The van der Waals surface area contributed by atoms with Gasteiger partial charge in [-0.25, -0.2) is 34.3 Å². The molecule has 4 fully saturated rings. The number of piperidine rings is 2. The Hall–Kier alpha value is -4.02. The van der Waals surface area contributed by atoms with Crippen molar-refractivity contribution in [1.29, 1.82) is 0 Å². The van der Waals surface area contributed by atoms with Gasteiger partial charge in [-0.3, -0.25) is 25.6 Å². The Kier molecular flexibility index (Phi) is 10.1. The predicted molar refractivity (Wildman–Crippen MR) is 153 cm³/mol. The molecule has 4 atom stereocenters. The summed E-state index contributed by atoms with van der Waals surface area (Å²) in [6, 6.07) is -2.05. The largest absolute Gasteiger partial charge is 0.442 e. The van der Waals surface area contributed by atoms with Crippen molar-refractivity contribution in [3.05, 3.63) is 0 Å². The number of nitrogens with zero attached hydrogens (tertiary/aromatic N) is 6. The normalized spacial score (nSPS) is 24.3. The minimum Gasteiger partial charge on any atom is -0.442 e. The number of rotatable bonds is 2. The highest BCUT2D eigenvalue weighted by molar-refractivity contribution is 5.90. The van der Waals surface area contributed by atoms with E-state index in [4.69, 9.17) is 9.47 Å². The van der Waals surface area contributed by atoms with Crippen molar-refractivity contribution in [3.8, 4) is 0 Å². The second-order valence-electron chi connectivity index (χ2n) is 13.4. The zero-order valence-electron chi connectivity index (χ0n) is 26.9. The monoisotopic (exact) mass is 626 g/mol. The number of fused-ring (bicyclic) bond motifs is 4. The number of nitrogens with one attached hydrogen (secondary N) is 2. The molecule has 4 rings (SSSR count). The first kappa shape index (κ1) is 34.5. The molecule has 17 heteroatoms. The van der Waals surface area contributed by atoms with Crippen molar-refractivity contribution in [3.63, 3.8) is 0 Å². The molecule has 0 aliphatic carbocycles. The summed E-state index contributed by atoms with van der Waals surface area (Å²) in [6.07, 6.45) is 1.02. The Bertz CT molecular complexity index is 1070. The van der Waals surface area contributed by atoms with Crippen LogP contribution in [0, 0.1) is 0 Å². The first-order chi connectivity index (χ1) is 20.2. The van der Waals surface area contributed by atoms with Crippen LogP contribution in [0.25, 0.3) is 0 Å². The zero-order chi connectivity index (χ0) is 33.3. The van der Waals surface area contributed by atoms with Crippen LogP contribution < -0.4 is 10.9 Å². The lowest BCUT2D eigenvalue weighted by Crippen LogP contribution is -2.55. The molecule has 4 aliphatic rings. The number of hydroxylamine groups is 2. The first-order valence-corrected chi connectivity index (χ1v) is 14.6. The molecule has 248 valence electrons. The molecule has 17 nitrogen and oxygen atoms in total. The quantitative estimate of drug-likeness (QED) is 0.300. The Balaban J connectivity index is 0.000000240. The summed E-state index contributed by atoms with van der Waals surface area (Å²) in [7, 11) is 4.55. The van der Waals surface area contributed by atoms with Crippen molar-refractivity contribution in [2.24, 2.45) is 0 Å². The Morgan fingerprint density at radius 2 is 1.11 bits per heavy atom. The summed E-state index contributed by atoms with van der Waals surface area (Å²) < 4.78 is 10.3. The number of hydrazine groups is 2. The lowest BCUT2D eigenvalue weighted by Gasteiger charge is -2.31. The molecule has 4 bridgehead atoms. The van der Waals surface area contributed by atoms with Crippen LogP contribution in [0.15, 0.2) is 0 Å². The van der Waals surface area contributed by atoms with Crippen LogP contribution in [0.3, 0.4) is 0 Å². The third-order valence-electron chi connectivity index (χ3n) is 7.49. The molecule has 4 saturated heterocycles. The fraction of sp³-hybridized carbons (Fsp3) is 0.778. The van der Waals surface area contributed by atoms with Gasteiger partial charge in [0.25, 0.3) is 11.8 Å². The van der Waals surface area contributed by atoms with E-state index < -0.39 is 47.4 Å². The SMILES string of the molecule is CN(NC(=O)[C@@H]1CC[C@@H]2CN1C(=O)N2C)C(=O)OC(C)(C)C.CN(NC(=O)[C@@H]1CC[C@@H]2CN1C(=O)N2O)C(=O)OC(C)(C)C. The molecule has 0 saturated carbocycles. The van der Waals surface area contributed by atoms with Gasteiger partial charge in [0.05, 0.1) is 12.1 Å². The van der Waals surface area contributed by atoms with E-state index in [0.717, 1.165) is 16.4 Å². The van der Waals surface area contributed by atoms with Gasteiger partial charge in [-0.2, -0.15) is 0 Å². The second kappa shape index (κ2) is 12.9. The van der Waals surface area contributed by atoms with E-state index in [-0.39, 0.29) is 24.0 Å². The fourth-order valence-corrected chi connectivity index (χ4v) is 5.27. The Labute approximate surface area is 257 Å². The molecule has 0 aromatic carbocycles. The van der Waals surface area contributed by atoms with Gasteiger partial charge in [0, 0.05) is 34.2 Å². The molecular formula is C27H46N8O9. The molecule has 4 aliphatic heterocycles. The van der Waals surface area contributed by atoms with Crippen molar-refractivity contribution in [2.45, 2.75) is 103 Å². The maximum absolute atomic E-state index is 12.3. The van der Waals surface area contributed by atoms with Crippen molar-refractivity contribution in [2.75, 3.05) is 34.2 Å². The van der Waals surface area contributed by atoms with Gasteiger partial charge >= 0.3 is 24.2 Å². The number of carbonyl (C=O) groups is 6. The van der Waals surface area contributed by atoms with Crippen LogP contribution >= 0.6 is 0 Å². The summed E-state index contributed by atoms with van der Waals surface area (Å²) >= 11 is 0. The molecule has 0 aromatic heterocycles. The molecule has 3 N–H and O–H groups in total. The number of likely N-dealkylation sites (N-methyl/N-ethyl adjacent to an activating group) is 1. The maximum atomic E-state index is 12.3. The lowest BCUT2D eigenvalue weighted by atomic mass is 10.0. The standard InChI is InChI=1S/C14H24N4O4.C13H22N4O5/c1-14(2,3)22-13(21)17(5)15-11(19)10-7-6-9-8-18(10)12(20)16(9)4;1-13(2,3)22-12(20)15(4)14-10(18)9-6-5-8-7-16(9)11(19)17(8)21/h9-10H,6-8H2,1-5H3,(H,15,19);8-9,21H,5-7H2,1-4H3,(H,14,18)/t9-,10+;8-,9+/m11/s1. The van der Waals surface area contributed by atoms with Gasteiger partial charge in [0.15, 0.2) is 0 Å². The van der Waals surface area contributed by atoms with E-state index in [9.17, 15) is 34.0 Å². The number of hydrogen-bond acceptors (Lipinski definition) is 9. The number of urea groups is 2. The van der Waals surface area contributed by atoms with E-state index in [1.807, 2.05) is 0 Å². The van der Waals surface area contributed by atoms with Gasteiger partial charge in [0.2, 0.25) is 0 Å². The highest BCUT2D eigenvalue weighted by atomic mass is 16.6. The van der Waals surface area contributed by atoms with Crippen molar-refractivity contribution in [1.82, 2.24) is 40.6 Å². The highest BCUT2D eigenvalue weighted by Crippen LogP contribution is 2.29. The summed E-state index contributed by atoms with van der Waals surface area (Å²) in [6.45, 7) is 11.3. The lowest BCUT2D eigenvalue weighted by molar-refractivity contribution is -0.131. The molecule has 0 unspecified atom stereocenters. The first-order valence-electron chi connectivity index (χ1n) is 14.6. The van der Waals surface area contributed by atoms with Gasteiger partial charge in [0.1, 0.15) is 23.3 Å². The smallest absolute Gasteiger partial charge is 0.428 e. The van der Waals surface area contributed by atoms with Crippen LogP contribution in [0.1, 0.15) is 67.2 Å². The summed E-state index contributed by atoms with van der Waals surface area (Å²) in [4.78, 5) is 76.7. The average molecular weight is 627 g/mol. The molecule has 0 spiro atoms. The molecular weight excluding hydrogens is 580 g/mol. The minimum absolute atomic E-state index is 0.137. The molecule has 8 amide bonds. The van der Waals surface area contributed by atoms with Crippen molar-refractivity contribution < 1.29 is 43.4 Å². The molecule has 0 aromatic rings. The zero-order valence-corrected chi connectivity index (χ0v) is 26.9. The van der Waals surface area contributed by atoms with Crippen LogP contribution in [-0.2, 0) is 19.1 Å². The third kappa shape index (κ3) is 8.12. The topological polar surface area (TPSA) is 185 Å². The van der Waals surface area contributed by atoms with Crippen LogP contribution in [-0.4, -0.2) is 141 Å². The van der Waals surface area contributed by atoms with Gasteiger partial charge in [-0.05, 0) is 67.2 Å². The van der Waals surface area contributed by atoms with Crippen LogP contribution in [0.4, 0.5) is 19.2 Å². The van der Waals surface area contributed by atoms with E-state index in [1.165, 1.54) is 19.0 Å². The Morgan fingerprint density at radius 1 is 0.727 bits per heavy atom. The Morgan fingerprint density at radius 3 is 1.55 bits per heavy atom. The summed E-state index contributed by atoms with van der Waals surface area (Å²) in [5, 5.41) is 12.2. The summed E-state index contributed by atoms with van der Waals surface area (Å²) in [5.74, 6) is -0.842. The van der Waals surface area contributed by atoms with Crippen LogP contribution in [0.2, 0.25) is 0 Å².